The van der Waals surface area contributed by atoms with E-state index in [0.717, 1.165) is 12.1 Å². The number of nitrogens with zero attached hydrogens (tertiary/aromatic N) is 1. The molecule has 0 amide bonds. The highest BCUT2D eigenvalue weighted by atomic mass is 32.1. The Morgan fingerprint density at radius 2 is 2.42 bits per heavy atom. The molecular formula is C13H20N2O3S. The predicted molar refractivity (Wildman–Crippen MR) is 74.1 cm³/mol. The maximum Gasteiger partial charge on any atom is 0.318 e. The minimum absolute atomic E-state index is 0.179. The average molecular weight is 284 g/mol. The van der Waals surface area contributed by atoms with Gasteiger partial charge in [-0.15, -0.1) is 11.3 Å². The minimum atomic E-state index is -0.644. The highest BCUT2D eigenvalue weighted by Crippen LogP contribution is 2.41. The first-order valence-electron chi connectivity index (χ1n) is 6.62. The molecule has 5 nitrogen and oxygen atoms in total. The topological polar surface area (TPSA) is 74.4 Å². The fourth-order valence-corrected chi connectivity index (χ4v) is 3.08. The van der Waals surface area contributed by atoms with Crippen LogP contribution in [0.5, 0.6) is 0 Å². The van der Waals surface area contributed by atoms with Crippen LogP contribution in [0, 0.1) is 0 Å². The van der Waals surface area contributed by atoms with Crippen molar-refractivity contribution in [3.8, 4) is 0 Å². The second kappa shape index (κ2) is 5.88. The Morgan fingerprint density at radius 3 is 3.00 bits per heavy atom. The number of hydrogen-bond acceptors (Lipinski definition) is 6. The van der Waals surface area contributed by atoms with Crippen molar-refractivity contribution < 1.29 is 14.3 Å². The van der Waals surface area contributed by atoms with Gasteiger partial charge < -0.3 is 15.2 Å². The number of aromatic nitrogens is 1. The number of anilines is 1. The standard InChI is InChI=1S/C13H20N2O3S/c1-3-5-17-7-9-6-13(4-2,11(16)18-9)10-8-19-12(14)15-10/h8-9H,3-7H2,1-2H3,(H2,14,15). The van der Waals surface area contributed by atoms with Crippen LogP contribution in [-0.4, -0.2) is 30.3 Å². The monoisotopic (exact) mass is 284 g/mol. The van der Waals surface area contributed by atoms with E-state index in [2.05, 4.69) is 11.9 Å². The lowest BCUT2D eigenvalue weighted by atomic mass is 9.79. The molecule has 0 saturated carbocycles. The number of carbonyl (C=O) groups excluding carboxylic acids is 1. The first-order chi connectivity index (χ1) is 9.12. The van der Waals surface area contributed by atoms with Crippen molar-refractivity contribution in [2.45, 2.75) is 44.6 Å². The van der Waals surface area contributed by atoms with Gasteiger partial charge in [-0.25, -0.2) is 4.98 Å². The van der Waals surface area contributed by atoms with Crippen molar-refractivity contribution in [3.05, 3.63) is 11.1 Å². The number of nitrogen functional groups attached to an aromatic ring is 1. The SMILES string of the molecule is CCCOCC1CC(CC)(c2csc(N)n2)C(=O)O1. The number of nitrogens with two attached hydrogens (primary N) is 1. The van der Waals surface area contributed by atoms with Crippen LogP contribution >= 0.6 is 11.3 Å². The third-order valence-corrected chi connectivity index (χ3v) is 4.18. The van der Waals surface area contributed by atoms with Crippen LogP contribution in [0.3, 0.4) is 0 Å². The largest absolute Gasteiger partial charge is 0.459 e. The summed E-state index contributed by atoms with van der Waals surface area (Å²) < 4.78 is 10.9. The van der Waals surface area contributed by atoms with Crippen molar-refractivity contribution in [1.29, 1.82) is 0 Å². The molecule has 0 radical (unpaired) electrons. The van der Waals surface area contributed by atoms with E-state index in [-0.39, 0.29) is 12.1 Å². The van der Waals surface area contributed by atoms with Crippen molar-refractivity contribution in [2.75, 3.05) is 18.9 Å². The molecule has 0 aromatic carbocycles. The number of rotatable bonds is 6. The van der Waals surface area contributed by atoms with Crippen molar-refractivity contribution >= 4 is 22.4 Å². The van der Waals surface area contributed by atoms with Crippen LogP contribution in [0.25, 0.3) is 0 Å². The lowest BCUT2D eigenvalue weighted by Gasteiger charge is -2.20. The maximum atomic E-state index is 12.2. The molecule has 2 heterocycles. The van der Waals surface area contributed by atoms with E-state index in [1.54, 1.807) is 0 Å². The summed E-state index contributed by atoms with van der Waals surface area (Å²) in [6.07, 6.45) is 2.07. The molecule has 1 aromatic rings. The zero-order valence-electron chi connectivity index (χ0n) is 11.3. The second-order valence-corrected chi connectivity index (χ2v) is 5.70. The predicted octanol–water partition coefficient (Wildman–Crippen LogP) is 2.12. The lowest BCUT2D eigenvalue weighted by Crippen LogP contribution is -2.31. The normalized spacial score (nSPS) is 26.6. The molecule has 2 atom stereocenters. The van der Waals surface area contributed by atoms with Crippen LogP contribution in [0.4, 0.5) is 5.13 Å². The van der Waals surface area contributed by atoms with E-state index in [1.807, 2.05) is 12.3 Å². The van der Waals surface area contributed by atoms with Gasteiger partial charge in [-0.2, -0.15) is 0 Å². The van der Waals surface area contributed by atoms with Crippen LogP contribution in [0.1, 0.15) is 38.8 Å². The van der Waals surface area contributed by atoms with Crippen molar-refractivity contribution in [1.82, 2.24) is 4.98 Å². The second-order valence-electron chi connectivity index (χ2n) is 4.81. The van der Waals surface area contributed by atoms with Gasteiger partial charge in [-0.05, 0) is 12.8 Å². The molecule has 1 aromatic heterocycles. The van der Waals surface area contributed by atoms with Crippen molar-refractivity contribution in [3.63, 3.8) is 0 Å². The van der Waals surface area contributed by atoms with Gasteiger partial charge in [-0.1, -0.05) is 13.8 Å². The van der Waals surface area contributed by atoms with E-state index >= 15 is 0 Å². The molecule has 0 bridgehead atoms. The number of hydrogen-bond donors (Lipinski definition) is 1. The number of ether oxygens (including phenoxy) is 2. The van der Waals surface area contributed by atoms with Crippen LogP contribution in [0.2, 0.25) is 0 Å². The molecule has 0 spiro atoms. The molecule has 1 saturated heterocycles. The Bertz CT molecular complexity index is 449. The Labute approximate surface area is 117 Å². The van der Waals surface area contributed by atoms with E-state index in [1.165, 1.54) is 11.3 Å². The van der Waals surface area contributed by atoms with Gasteiger partial charge in [0.1, 0.15) is 11.5 Å². The molecule has 1 aliphatic rings. The van der Waals surface area contributed by atoms with E-state index in [0.29, 0.717) is 31.2 Å². The van der Waals surface area contributed by atoms with Gasteiger partial charge in [0.05, 0.1) is 12.3 Å². The fourth-order valence-electron chi connectivity index (χ4n) is 2.42. The molecule has 2 N–H and O–H groups in total. The third kappa shape index (κ3) is 2.74. The number of carbonyl (C=O) groups is 1. The van der Waals surface area contributed by atoms with Crippen LogP contribution in [-0.2, 0) is 19.7 Å². The molecule has 19 heavy (non-hydrogen) atoms. The van der Waals surface area contributed by atoms with E-state index < -0.39 is 5.41 Å². The summed E-state index contributed by atoms with van der Waals surface area (Å²) in [6, 6.07) is 0. The Hall–Kier alpha value is -1.14. The van der Waals surface area contributed by atoms with E-state index in [9.17, 15) is 4.79 Å². The zero-order valence-corrected chi connectivity index (χ0v) is 12.2. The number of esters is 1. The zero-order chi connectivity index (χ0) is 13.9. The molecule has 2 rings (SSSR count). The number of cyclic esters (lactones) is 1. The molecule has 1 fully saturated rings. The van der Waals surface area contributed by atoms with Gasteiger partial charge in [0.15, 0.2) is 5.13 Å². The van der Waals surface area contributed by atoms with Gasteiger partial charge in [-0.3, -0.25) is 4.79 Å². The Morgan fingerprint density at radius 1 is 1.63 bits per heavy atom. The quantitative estimate of drug-likeness (QED) is 0.639. The molecule has 2 unspecified atom stereocenters. The first-order valence-corrected chi connectivity index (χ1v) is 7.50. The molecule has 6 heteroatoms. The fraction of sp³-hybridized carbons (Fsp3) is 0.692. The Kier molecular flexibility index (Phi) is 4.42. The smallest absolute Gasteiger partial charge is 0.318 e. The summed E-state index contributed by atoms with van der Waals surface area (Å²) in [5.74, 6) is -0.203. The van der Waals surface area contributed by atoms with Gasteiger partial charge in [0.2, 0.25) is 0 Å². The lowest BCUT2D eigenvalue weighted by molar-refractivity contribution is -0.147. The molecule has 106 valence electrons. The highest BCUT2D eigenvalue weighted by Gasteiger charge is 2.50. The highest BCUT2D eigenvalue weighted by molar-refractivity contribution is 7.13. The summed E-state index contributed by atoms with van der Waals surface area (Å²) in [7, 11) is 0. The van der Waals surface area contributed by atoms with Gasteiger partial charge >= 0.3 is 5.97 Å². The first kappa shape index (κ1) is 14.3. The molecule has 1 aliphatic heterocycles. The summed E-state index contributed by atoms with van der Waals surface area (Å²) in [6.45, 7) is 5.18. The minimum Gasteiger partial charge on any atom is -0.459 e. The van der Waals surface area contributed by atoms with Crippen molar-refractivity contribution in [2.24, 2.45) is 0 Å². The molecular weight excluding hydrogens is 264 g/mol. The third-order valence-electron chi connectivity index (χ3n) is 3.51. The molecule has 0 aliphatic carbocycles. The maximum absolute atomic E-state index is 12.2. The average Bonchev–Trinajstić information content (AvgIpc) is 2.95. The van der Waals surface area contributed by atoms with E-state index in [4.69, 9.17) is 15.2 Å². The van der Waals surface area contributed by atoms with Crippen LogP contribution < -0.4 is 5.73 Å². The van der Waals surface area contributed by atoms with Crippen LogP contribution in [0.15, 0.2) is 5.38 Å². The summed E-state index contributed by atoms with van der Waals surface area (Å²) >= 11 is 1.36. The van der Waals surface area contributed by atoms with Gasteiger partial charge in [0.25, 0.3) is 0 Å². The summed E-state index contributed by atoms with van der Waals surface area (Å²) in [5, 5.41) is 2.34. The van der Waals surface area contributed by atoms with Gasteiger partial charge in [0, 0.05) is 18.4 Å². The Balaban J connectivity index is 2.11. The summed E-state index contributed by atoms with van der Waals surface area (Å²) in [5.41, 5.74) is 5.76. The number of thiazole rings is 1. The summed E-state index contributed by atoms with van der Waals surface area (Å²) in [4.78, 5) is 16.5.